The highest BCUT2D eigenvalue weighted by molar-refractivity contribution is 7.17. The van der Waals surface area contributed by atoms with Crippen molar-refractivity contribution < 1.29 is 4.79 Å². The van der Waals surface area contributed by atoms with E-state index in [0.29, 0.717) is 51.4 Å². The summed E-state index contributed by atoms with van der Waals surface area (Å²) in [4.78, 5) is 29.8. The van der Waals surface area contributed by atoms with Gasteiger partial charge in [-0.05, 0) is 25.5 Å². The number of thiazole rings is 1. The van der Waals surface area contributed by atoms with Crippen molar-refractivity contribution in [3.8, 4) is 6.07 Å². The summed E-state index contributed by atoms with van der Waals surface area (Å²) < 4.78 is 0. The van der Waals surface area contributed by atoms with Crippen LogP contribution < -0.4 is 16.0 Å². The van der Waals surface area contributed by atoms with Gasteiger partial charge in [-0.15, -0.1) is 0 Å². The molecule has 3 rings (SSSR count). The molecule has 0 aliphatic heterocycles. The predicted octanol–water partition coefficient (Wildman–Crippen LogP) is 3.92. The second kappa shape index (κ2) is 9.27. The van der Waals surface area contributed by atoms with E-state index in [0.717, 1.165) is 16.9 Å². The molecule has 0 bridgehead atoms. The topological polar surface area (TPSA) is 129 Å². The number of nitrogens with one attached hydrogen (secondary N) is 3. The van der Waals surface area contributed by atoms with E-state index < -0.39 is 0 Å². The van der Waals surface area contributed by atoms with E-state index in [-0.39, 0.29) is 5.91 Å². The van der Waals surface area contributed by atoms with Crippen molar-refractivity contribution in [1.82, 2.24) is 19.9 Å². The van der Waals surface area contributed by atoms with Crippen LogP contribution >= 0.6 is 22.9 Å². The predicted molar refractivity (Wildman–Crippen MR) is 113 cm³/mol. The molecule has 2 heterocycles. The number of nitriles is 1. The number of anilines is 4. The van der Waals surface area contributed by atoms with Crippen molar-refractivity contribution in [1.29, 1.82) is 5.26 Å². The normalized spacial score (nSPS) is 10.3. The van der Waals surface area contributed by atoms with E-state index in [1.165, 1.54) is 6.20 Å². The zero-order chi connectivity index (χ0) is 20.8. The number of hydrogen-bond acceptors (Lipinski definition) is 9. The maximum atomic E-state index is 12.5. The number of nitrogens with zero attached hydrogens (tertiary/aromatic N) is 5. The summed E-state index contributed by atoms with van der Waals surface area (Å²) >= 11 is 7.32. The van der Waals surface area contributed by atoms with Crippen molar-refractivity contribution in [3.05, 3.63) is 45.7 Å². The maximum absolute atomic E-state index is 12.5. The van der Waals surface area contributed by atoms with Crippen LogP contribution in [0.5, 0.6) is 0 Å². The summed E-state index contributed by atoms with van der Waals surface area (Å²) in [5, 5.41) is 18.3. The Morgan fingerprint density at radius 3 is 2.79 bits per heavy atom. The Hall–Kier alpha value is -3.29. The summed E-state index contributed by atoms with van der Waals surface area (Å²) in [6.45, 7) is 4.03. The lowest BCUT2D eigenvalue weighted by Gasteiger charge is -2.08. The molecule has 9 nitrogen and oxygen atoms in total. The molecule has 2 aromatic heterocycles. The van der Waals surface area contributed by atoms with Crippen LogP contribution in [0.25, 0.3) is 0 Å². The molecule has 3 aromatic rings. The minimum Gasteiger partial charge on any atom is -0.353 e. The Kier molecular flexibility index (Phi) is 6.54. The Morgan fingerprint density at radius 2 is 2.03 bits per heavy atom. The van der Waals surface area contributed by atoms with E-state index in [4.69, 9.17) is 16.9 Å². The van der Waals surface area contributed by atoms with Crippen LogP contribution in [0, 0.1) is 25.2 Å². The first-order chi connectivity index (χ1) is 14.0. The average Bonchev–Trinajstić information content (AvgIpc) is 3.13. The quantitative estimate of drug-likeness (QED) is 0.483. The number of rotatable bonds is 7. The maximum Gasteiger partial charge on any atom is 0.267 e. The number of aromatic nitrogens is 4. The fraction of sp³-hybridized carbons (Fsp3) is 0.222. The molecule has 0 unspecified atom stereocenters. The number of benzene rings is 1. The minimum atomic E-state index is -0.308. The van der Waals surface area contributed by atoms with Gasteiger partial charge in [-0.2, -0.15) is 20.2 Å². The molecule has 0 spiro atoms. The monoisotopic (exact) mass is 428 g/mol. The molecule has 0 saturated heterocycles. The fourth-order valence-electron chi connectivity index (χ4n) is 2.34. The number of para-hydroxylation sites is 1. The summed E-state index contributed by atoms with van der Waals surface area (Å²) in [5.41, 5.74) is 1.44. The molecule has 0 aliphatic carbocycles. The van der Waals surface area contributed by atoms with Gasteiger partial charge in [-0.3, -0.25) is 10.1 Å². The Bertz CT molecular complexity index is 1060. The zero-order valence-corrected chi connectivity index (χ0v) is 17.2. The molecule has 0 saturated carbocycles. The Balaban J connectivity index is 1.70. The van der Waals surface area contributed by atoms with Crippen LogP contribution in [0.1, 0.15) is 27.5 Å². The standard InChI is InChI=1S/C18H17ClN8OS/c1-10-5-3-6-12(19)14(10)25-15(28)13-9-22-18(29-13)27-17-24-11(2)23-16(26-17)21-8-4-7-20/h3,5-6,9H,4,8H2,1-2H3,(H,25,28)(H2,21,22,23,24,26,27). The van der Waals surface area contributed by atoms with Crippen molar-refractivity contribution in [2.45, 2.75) is 20.3 Å². The molecular formula is C18H17ClN8OS. The molecule has 0 aliphatic rings. The minimum absolute atomic E-state index is 0.292. The fourth-order valence-corrected chi connectivity index (χ4v) is 3.32. The molecule has 1 amide bonds. The highest BCUT2D eigenvalue weighted by atomic mass is 35.5. The number of hydrogen-bond donors (Lipinski definition) is 3. The van der Waals surface area contributed by atoms with Crippen LogP contribution in [0.15, 0.2) is 24.4 Å². The van der Waals surface area contributed by atoms with E-state index in [2.05, 4.69) is 35.9 Å². The molecule has 0 atom stereocenters. The summed E-state index contributed by atoms with van der Waals surface area (Å²) in [5.74, 6) is 0.849. The smallest absolute Gasteiger partial charge is 0.267 e. The van der Waals surface area contributed by atoms with Gasteiger partial charge in [0.05, 0.1) is 29.4 Å². The van der Waals surface area contributed by atoms with Crippen molar-refractivity contribution in [2.75, 3.05) is 22.5 Å². The lowest BCUT2D eigenvalue weighted by Crippen LogP contribution is -2.11. The first-order valence-electron chi connectivity index (χ1n) is 8.59. The Morgan fingerprint density at radius 1 is 1.24 bits per heavy atom. The third-order valence-electron chi connectivity index (χ3n) is 3.68. The summed E-state index contributed by atoms with van der Waals surface area (Å²) in [6, 6.07) is 7.45. The second-order valence-corrected chi connectivity index (χ2v) is 7.34. The molecule has 11 heteroatoms. The van der Waals surface area contributed by atoms with Gasteiger partial charge in [0.1, 0.15) is 10.7 Å². The summed E-state index contributed by atoms with van der Waals surface area (Å²) in [6.07, 6.45) is 1.80. The highest BCUT2D eigenvalue weighted by Gasteiger charge is 2.15. The Labute approximate surface area is 176 Å². The number of carbonyl (C=O) groups excluding carboxylic acids is 1. The van der Waals surface area contributed by atoms with Crippen LogP contribution in [0.2, 0.25) is 5.02 Å². The average molecular weight is 429 g/mol. The number of halogens is 1. The molecular weight excluding hydrogens is 412 g/mol. The van der Waals surface area contributed by atoms with Gasteiger partial charge in [0.15, 0.2) is 5.13 Å². The molecule has 0 radical (unpaired) electrons. The third-order valence-corrected chi connectivity index (χ3v) is 4.90. The van der Waals surface area contributed by atoms with Crippen molar-refractivity contribution in [2.24, 2.45) is 0 Å². The van der Waals surface area contributed by atoms with Gasteiger partial charge in [0.2, 0.25) is 11.9 Å². The highest BCUT2D eigenvalue weighted by Crippen LogP contribution is 2.27. The van der Waals surface area contributed by atoms with Gasteiger partial charge in [-0.25, -0.2) is 4.98 Å². The van der Waals surface area contributed by atoms with Gasteiger partial charge < -0.3 is 10.6 Å². The van der Waals surface area contributed by atoms with Crippen LogP contribution in [-0.2, 0) is 0 Å². The molecule has 3 N–H and O–H groups in total. The first kappa shape index (κ1) is 20.4. The largest absolute Gasteiger partial charge is 0.353 e. The van der Waals surface area contributed by atoms with E-state index in [1.54, 1.807) is 13.0 Å². The van der Waals surface area contributed by atoms with E-state index in [1.807, 2.05) is 25.1 Å². The van der Waals surface area contributed by atoms with Gasteiger partial charge in [0, 0.05) is 6.54 Å². The molecule has 148 valence electrons. The second-order valence-electron chi connectivity index (χ2n) is 5.91. The first-order valence-corrected chi connectivity index (χ1v) is 9.78. The van der Waals surface area contributed by atoms with Crippen molar-refractivity contribution in [3.63, 3.8) is 0 Å². The number of amides is 1. The number of carbonyl (C=O) groups is 1. The lowest BCUT2D eigenvalue weighted by atomic mass is 10.2. The SMILES string of the molecule is Cc1nc(NCCC#N)nc(Nc2ncc(C(=O)Nc3c(C)cccc3Cl)s2)n1. The molecule has 29 heavy (non-hydrogen) atoms. The van der Waals surface area contributed by atoms with Gasteiger partial charge >= 0.3 is 0 Å². The lowest BCUT2D eigenvalue weighted by molar-refractivity contribution is 0.103. The van der Waals surface area contributed by atoms with Crippen LogP contribution in [-0.4, -0.2) is 32.4 Å². The molecule has 0 fully saturated rings. The van der Waals surface area contributed by atoms with E-state index in [9.17, 15) is 4.79 Å². The van der Waals surface area contributed by atoms with Crippen LogP contribution in [0.4, 0.5) is 22.7 Å². The third kappa shape index (κ3) is 5.37. The summed E-state index contributed by atoms with van der Waals surface area (Å²) in [7, 11) is 0. The van der Waals surface area contributed by atoms with Crippen molar-refractivity contribution >= 4 is 51.6 Å². The van der Waals surface area contributed by atoms with Gasteiger partial charge in [0.25, 0.3) is 5.91 Å². The molecule has 1 aromatic carbocycles. The zero-order valence-electron chi connectivity index (χ0n) is 15.7. The van der Waals surface area contributed by atoms with Gasteiger partial charge in [-0.1, -0.05) is 35.1 Å². The van der Waals surface area contributed by atoms with E-state index >= 15 is 0 Å². The number of aryl methyl sites for hydroxylation is 2. The van der Waals surface area contributed by atoms with Crippen LogP contribution in [0.3, 0.4) is 0 Å².